The van der Waals surface area contributed by atoms with Gasteiger partial charge in [0.05, 0.1) is 18.0 Å². The maximum Gasteiger partial charge on any atom is 0.223 e. The van der Waals surface area contributed by atoms with Crippen molar-refractivity contribution < 1.29 is 4.74 Å². The van der Waals surface area contributed by atoms with E-state index >= 15 is 0 Å². The largest absolute Gasteiger partial charge is 0.383 e. The first-order chi connectivity index (χ1) is 9.67. The van der Waals surface area contributed by atoms with Crippen LogP contribution in [0.3, 0.4) is 0 Å². The summed E-state index contributed by atoms with van der Waals surface area (Å²) in [5, 5.41) is 4.51. The summed E-state index contributed by atoms with van der Waals surface area (Å²) in [6.07, 6.45) is 3.12. The quantitative estimate of drug-likeness (QED) is 0.821. The first kappa shape index (κ1) is 15.0. The Morgan fingerprint density at radius 2 is 2.20 bits per heavy atom. The molecule has 0 radical (unpaired) electrons. The topological polar surface area (TPSA) is 73.1 Å². The fourth-order valence-corrected chi connectivity index (χ4v) is 3.19. The SMILES string of the molecule is CCCC(COC)Nc1nc(N)nc2sc(CC)cc12. The molecule has 0 aromatic carbocycles. The zero-order valence-electron chi connectivity index (χ0n) is 12.3. The van der Waals surface area contributed by atoms with Gasteiger partial charge in [-0.25, -0.2) is 4.98 Å². The molecule has 0 aliphatic rings. The van der Waals surface area contributed by atoms with Crippen molar-refractivity contribution in [3.05, 3.63) is 10.9 Å². The molecule has 2 aromatic heterocycles. The van der Waals surface area contributed by atoms with Crippen molar-refractivity contribution in [1.82, 2.24) is 9.97 Å². The number of nitrogen functional groups attached to an aromatic ring is 1. The zero-order valence-corrected chi connectivity index (χ0v) is 13.1. The highest BCUT2D eigenvalue weighted by Gasteiger charge is 2.14. The van der Waals surface area contributed by atoms with Crippen LogP contribution in [0.25, 0.3) is 10.2 Å². The average Bonchev–Trinajstić information content (AvgIpc) is 2.82. The fraction of sp³-hybridized carbons (Fsp3) is 0.571. The number of aryl methyl sites for hydroxylation is 1. The van der Waals surface area contributed by atoms with Crippen LogP contribution in [0.15, 0.2) is 6.07 Å². The van der Waals surface area contributed by atoms with Gasteiger partial charge in [0.15, 0.2) is 0 Å². The monoisotopic (exact) mass is 294 g/mol. The minimum atomic E-state index is 0.243. The minimum absolute atomic E-state index is 0.243. The molecular weight excluding hydrogens is 272 g/mol. The van der Waals surface area contributed by atoms with Gasteiger partial charge in [0, 0.05) is 12.0 Å². The summed E-state index contributed by atoms with van der Waals surface area (Å²) in [5.41, 5.74) is 5.81. The number of hydrogen-bond acceptors (Lipinski definition) is 6. The number of aromatic nitrogens is 2. The van der Waals surface area contributed by atoms with Crippen LogP contribution in [-0.4, -0.2) is 29.7 Å². The molecule has 2 aromatic rings. The van der Waals surface area contributed by atoms with Crippen LogP contribution in [-0.2, 0) is 11.2 Å². The summed E-state index contributed by atoms with van der Waals surface area (Å²) in [6.45, 7) is 4.96. The standard InChI is InChI=1S/C14H22N4OS/c1-4-6-9(8-19-3)16-12-11-7-10(5-2)20-13(11)18-14(15)17-12/h7,9H,4-6,8H2,1-3H3,(H3,15,16,17,18). The van der Waals surface area contributed by atoms with Crippen molar-refractivity contribution in [2.24, 2.45) is 0 Å². The lowest BCUT2D eigenvalue weighted by molar-refractivity contribution is 0.182. The molecule has 0 bridgehead atoms. The molecular formula is C14H22N4OS. The number of ether oxygens (including phenoxy) is 1. The average molecular weight is 294 g/mol. The molecule has 0 saturated heterocycles. The number of nitrogens with zero attached hydrogens (tertiary/aromatic N) is 2. The molecule has 0 amide bonds. The Labute approximate surface area is 123 Å². The number of fused-ring (bicyclic) bond motifs is 1. The molecule has 3 N–H and O–H groups in total. The Morgan fingerprint density at radius 1 is 1.40 bits per heavy atom. The molecule has 2 rings (SSSR count). The second-order valence-electron chi connectivity index (χ2n) is 4.80. The first-order valence-electron chi connectivity index (χ1n) is 6.99. The van der Waals surface area contributed by atoms with Crippen molar-refractivity contribution in [3.63, 3.8) is 0 Å². The predicted molar refractivity (Wildman–Crippen MR) is 85.4 cm³/mol. The Hall–Kier alpha value is -1.40. The van der Waals surface area contributed by atoms with Gasteiger partial charge in [0.2, 0.25) is 5.95 Å². The van der Waals surface area contributed by atoms with Crippen LogP contribution in [0.2, 0.25) is 0 Å². The van der Waals surface area contributed by atoms with Gasteiger partial charge >= 0.3 is 0 Å². The number of rotatable bonds is 7. The molecule has 0 saturated carbocycles. The van der Waals surface area contributed by atoms with Crippen LogP contribution in [0.4, 0.5) is 11.8 Å². The Bertz CT molecular complexity index is 564. The van der Waals surface area contributed by atoms with E-state index in [4.69, 9.17) is 10.5 Å². The van der Waals surface area contributed by atoms with E-state index in [-0.39, 0.29) is 6.04 Å². The van der Waals surface area contributed by atoms with Crippen LogP contribution in [0.1, 0.15) is 31.6 Å². The number of nitrogens with two attached hydrogens (primary N) is 1. The van der Waals surface area contributed by atoms with Gasteiger partial charge < -0.3 is 15.8 Å². The Balaban J connectivity index is 2.33. The maximum atomic E-state index is 5.81. The van der Waals surface area contributed by atoms with Gasteiger partial charge in [0.25, 0.3) is 0 Å². The molecule has 0 aliphatic carbocycles. The minimum Gasteiger partial charge on any atom is -0.383 e. The second kappa shape index (κ2) is 6.85. The van der Waals surface area contributed by atoms with Crippen LogP contribution in [0, 0.1) is 0 Å². The summed E-state index contributed by atoms with van der Waals surface area (Å²) in [6, 6.07) is 2.39. The lowest BCUT2D eigenvalue weighted by atomic mass is 10.2. The van der Waals surface area contributed by atoms with Gasteiger partial charge in [-0.3, -0.25) is 0 Å². The Kier molecular flexibility index (Phi) is 5.14. The summed E-state index contributed by atoms with van der Waals surface area (Å²) in [4.78, 5) is 10.9. The number of nitrogens with one attached hydrogen (secondary N) is 1. The summed E-state index contributed by atoms with van der Waals surface area (Å²) in [7, 11) is 1.72. The predicted octanol–water partition coefficient (Wildman–Crippen LogP) is 3.06. The molecule has 5 nitrogen and oxygen atoms in total. The molecule has 20 heavy (non-hydrogen) atoms. The molecule has 0 fully saturated rings. The van der Waals surface area contributed by atoms with Crippen molar-refractivity contribution in [2.45, 2.75) is 39.2 Å². The smallest absolute Gasteiger partial charge is 0.223 e. The van der Waals surface area contributed by atoms with Crippen molar-refractivity contribution in [3.8, 4) is 0 Å². The van der Waals surface area contributed by atoms with E-state index in [1.165, 1.54) is 4.88 Å². The third kappa shape index (κ3) is 3.37. The molecule has 0 aliphatic heterocycles. The van der Waals surface area contributed by atoms with E-state index < -0.39 is 0 Å². The highest BCUT2D eigenvalue weighted by molar-refractivity contribution is 7.18. The van der Waals surface area contributed by atoms with Gasteiger partial charge in [-0.15, -0.1) is 11.3 Å². The molecule has 6 heteroatoms. The maximum absolute atomic E-state index is 5.81. The molecule has 0 spiro atoms. The van der Waals surface area contributed by atoms with Crippen molar-refractivity contribution >= 4 is 33.3 Å². The van der Waals surface area contributed by atoms with Crippen LogP contribution in [0.5, 0.6) is 0 Å². The van der Waals surface area contributed by atoms with Gasteiger partial charge in [-0.1, -0.05) is 20.3 Å². The highest BCUT2D eigenvalue weighted by Crippen LogP contribution is 2.30. The van der Waals surface area contributed by atoms with E-state index in [1.807, 2.05) is 0 Å². The van der Waals surface area contributed by atoms with E-state index in [0.29, 0.717) is 12.6 Å². The van der Waals surface area contributed by atoms with Gasteiger partial charge in [0.1, 0.15) is 10.6 Å². The first-order valence-corrected chi connectivity index (χ1v) is 7.81. The molecule has 2 heterocycles. The summed E-state index contributed by atoms with van der Waals surface area (Å²) in [5.74, 6) is 1.14. The third-order valence-electron chi connectivity index (χ3n) is 3.16. The van der Waals surface area contributed by atoms with E-state index in [0.717, 1.165) is 35.3 Å². The highest BCUT2D eigenvalue weighted by atomic mass is 32.1. The van der Waals surface area contributed by atoms with E-state index in [1.54, 1.807) is 18.4 Å². The number of methoxy groups -OCH3 is 1. The Morgan fingerprint density at radius 3 is 2.85 bits per heavy atom. The lowest BCUT2D eigenvalue weighted by Gasteiger charge is -2.18. The van der Waals surface area contributed by atoms with Crippen molar-refractivity contribution in [2.75, 3.05) is 24.8 Å². The van der Waals surface area contributed by atoms with Gasteiger partial charge in [-0.05, 0) is 18.9 Å². The number of hydrogen-bond donors (Lipinski definition) is 2. The molecule has 1 unspecified atom stereocenters. The third-order valence-corrected chi connectivity index (χ3v) is 4.33. The summed E-state index contributed by atoms with van der Waals surface area (Å²) >= 11 is 1.68. The number of anilines is 2. The van der Waals surface area contributed by atoms with E-state index in [2.05, 4.69) is 35.2 Å². The molecule has 110 valence electrons. The molecule has 1 atom stereocenters. The zero-order chi connectivity index (χ0) is 14.5. The van der Waals surface area contributed by atoms with E-state index in [9.17, 15) is 0 Å². The summed E-state index contributed by atoms with van der Waals surface area (Å²) < 4.78 is 5.26. The fourth-order valence-electron chi connectivity index (χ4n) is 2.21. The van der Waals surface area contributed by atoms with Crippen LogP contribution >= 0.6 is 11.3 Å². The normalized spacial score (nSPS) is 12.8. The second-order valence-corrected chi connectivity index (χ2v) is 5.92. The lowest BCUT2D eigenvalue weighted by Crippen LogP contribution is -2.25. The number of thiophene rings is 1. The van der Waals surface area contributed by atoms with Crippen molar-refractivity contribution in [1.29, 1.82) is 0 Å². The van der Waals surface area contributed by atoms with Gasteiger partial charge in [-0.2, -0.15) is 4.98 Å². The van der Waals surface area contributed by atoms with Crippen LogP contribution < -0.4 is 11.1 Å².